The lowest BCUT2D eigenvalue weighted by atomic mass is 10.0. The van der Waals surface area contributed by atoms with Gasteiger partial charge in [-0.15, -0.1) is 0 Å². The van der Waals surface area contributed by atoms with E-state index in [9.17, 15) is 14.3 Å². The summed E-state index contributed by atoms with van der Waals surface area (Å²) in [6, 6.07) is 10.8. The third-order valence-electron chi connectivity index (χ3n) is 2.97. The van der Waals surface area contributed by atoms with Crippen LogP contribution in [0.3, 0.4) is 0 Å². The highest BCUT2D eigenvalue weighted by atomic mass is 35.5. The maximum atomic E-state index is 13.8. The van der Waals surface area contributed by atoms with Gasteiger partial charge in [0, 0.05) is 5.56 Å². The average molecular weight is 321 g/mol. The van der Waals surface area contributed by atoms with Crippen molar-refractivity contribution in [3.63, 3.8) is 0 Å². The van der Waals surface area contributed by atoms with Gasteiger partial charge in [0.2, 0.25) is 0 Å². The van der Waals surface area contributed by atoms with Crippen LogP contribution < -0.4 is 4.74 Å². The molecule has 0 aliphatic heterocycles. The van der Waals surface area contributed by atoms with E-state index in [1.54, 1.807) is 24.3 Å². The predicted molar refractivity (Wildman–Crippen MR) is 84.5 cm³/mol. The number of ether oxygens (including phenoxy) is 1. The summed E-state index contributed by atoms with van der Waals surface area (Å²) >= 11 is 5.94. The molecule has 0 aliphatic carbocycles. The van der Waals surface area contributed by atoms with Crippen LogP contribution in [0.25, 0.3) is 11.6 Å². The van der Waals surface area contributed by atoms with Gasteiger partial charge in [-0.1, -0.05) is 29.8 Å². The molecule has 0 fully saturated rings. The van der Waals surface area contributed by atoms with Crippen molar-refractivity contribution in [2.75, 3.05) is 6.61 Å². The number of aliphatic carboxylic acids is 1. The minimum Gasteiger partial charge on any atom is -0.494 e. The summed E-state index contributed by atoms with van der Waals surface area (Å²) in [6.07, 6.45) is 1.23. The second-order valence-corrected chi connectivity index (χ2v) is 4.87. The van der Waals surface area contributed by atoms with Gasteiger partial charge in [-0.2, -0.15) is 0 Å². The number of halogens is 2. The van der Waals surface area contributed by atoms with E-state index in [2.05, 4.69) is 0 Å². The first-order valence-electron chi connectivity index (χ1n) is 6.65. The van der Waals surface area contributed by atoms with E-state index in [4.69, 9.17) is 16.3 Å². The molecule has 22 heavy (non-hydrogen) atoms. The third-order valence-corrected chi connectivity index (χ3v) is 3.30. The van der Waals surface area contributed by atoms with Crippen LogP contribution in [0, 0.1) is 5.82 Å². The quantitative estimate of drug-likeness (QED) is 0.651. The fraction of sp³-hybridized carbons (Fsp3) is 0.118. The molecule has 0 saturated carbocycles. The highest BCUT2D eigenvalue weighted by molar-refractivity contribution is 6.33. The van der Waals surface area contributed by atoms with E-state index in [-0.39, 0.29) is 16.2 Å². The number of benzene rings is 2. The third kappa shape index (κ3) is 3.65. The van der Waals surface area contributed by atoms with Crippen LogP contribution in [0.2, 0.25) is 5.02 Å². The molecule has 0 bridgehead atoms. The number of hydrogen-bond acceptors (Lipinski definition) is 2. The van der Waals surface area contributed by atoms with Gasteiger partial charge in [0.25, 0.3) is 0 Å². The largest absolute Gasteiger partial charge is 0.494 e. The Morgan fingerprint density at radius 3 is 2.68 bits per heavy atom. The van der Waals surface area contributed by atoms with Gasteiger partial charge in [0.05, 0.1) is 17.2 Å². The molecule has 0 amide bonds. The highest BCUT2D eigenvalue weighted by Gasteiger charge is 2.14. The molecule has 0 aliphatic rings. The first-order chi connectivity index (χ1) is 10.5. The Morgan fingerprint density at radius 2 is 2.05 bits per heavy atom. The molecule has 0 aromatic heterocycles. The van der Waals surface area contributed by atoms with Gasteiger partial charge in [-0.25, -0.2) is 9.18 Å². The van der Waals surface area contributed by atoms with Crippen LogP contribution in [-0.4, -0.2) is 17.7 Å². The zero-order valence-corrected chi connectivity index (χ0v) is 12.6. The molecular weight excluding hydrogens is 307 g/mol. The molecule has 0 unspecified atom stereocenters. The fourth-order valence-corrected chi connectivity index (χ4v) is 2.20. The SMILES string of the molecule is CCOc1cccc(/C(=C/c2c(F)cccc2Cl)C(=O)O)c1. The maximum absolute atomic E-state index is 13.8. The predicted octanol–water partition coefficient (Wildman–Crippen LogP) is 4.50. The van der Waals surface area contributed by atoms with Crippen LogP contribution >= 0.6 is 11.6 Å². The van der Waals surface area contributed by atoms with E-state index in [0.717, 1.165) is 0 Å². The van der Waals surface area contributed by atoms with Crippen molar-refractivity contribution in [3.8, 4) is 5.75 Å². The monoisotopic (exact) mass is 320 g/mol. The van der Waals surface area contributed by atoms with Crippen LogP contribution in [0.4, 0.5) is 4.39 Å². The standard InChI is InChI=1S/C17H14ClFO3/c1-2-22-12-6-3-5-11(9-12)13(17(20)21)10-14-15(18)7-4-8-16(14)19/h3-10H,2H2,1H3,(H,20,21)/b13-10-. The van der Waals surface area contributed by atoms with E-state index >= 15 is 0 Å². The molecule has 0 atom stereocenters. The van der Waals surface area contributed by atoms with Crippen LogP contribution in [0.15, 0.2) is 42.5 Å². The van der Waals surface area contributed by atoms with Crippen molar-refractivity contribution in [2.24, 2.45) is 0 Å². The lowest BCUT2D eigenvalue weighted by Crippen LogP contribution is -2.01. The Kier molecular flexibility index (Phi) is 5.17. The molecule has 0 spiro atoms. The fourth-order valence-electron chi connectivity index (χ4n) is 1.98. The smallest absolute Gasteiger partial charge is 0.336 e. The molecule has 1 N–H and O–H groups in total. The van der Waals surface area contributed by atoms with Gasteiger partial charge in [-0.05, 0) is 42.8 Å². The number of rotatable bonds is 5. The van der Waals surface area contributed by atoms with Crippen molar-refractivity contribution in [3.05, 3.63) is 64.4 Å². The number of carboxylic acid groups (broad SMARTS) is 1. The van der Waals surface area contributed by atoms with Gasteiger partial charge < -0.3 is 9.84 Å². The van der Waals surface area contributed by atoms with E-state index in [1.165, 1.54) is 24.3 Å². The Morgan fingerprint density at radius 1 is 1.32 bits per heavy atom. The van der Waals surface area contributed by atoms with Crippen molar-refractivity contribution < 1.29 is 19.0 Å². The van der Waals surface area contributed by atoms with E-state index in [0.29, 0.717) is 17.9 Å². The summed E-state index contributed by atoms with van der Waals surface area (Å²) in [6.45, 7) is 2.30. The van der Waals surface area contributed by atoms with Crippen LogP contribution in [-0.2, 0) is 4.79 Å². The van der Waals surface area contributed by atoms with E-state index < -0.39 is 11.8 Å². The molecular formula is C17H14ClFO3. The molecule has 0 saturated heterocycles. The topological polar surface area (TPSA) is 46.5 Å². The van der Waals surface area contributed by atoms with Crippen molar-refractivity contribution >= 4 is 29.2 Å². The molecule has 2 aromatic carbocycles. The number of carboxylic acids is 1. The minimum absolute atomic E-state index is 0.0448. The normalized spacial score (nSPS) is 11.3. The zero-order valence-electron chi connectivity index (χ0n) is 11.8. The lowest BCUT2D eigenvalue weighted by Gasteiger charge is -2.08. The highest BCUT2D eigenvalue weighted by Crippen LogP contribution is 2.27. The van der Waals surface area contributed by atoms with Gasteiger partial charge in [0.1, 0.15) is 11.6 Å². The summed E-state index contributed by atoms with van der Waals surface area (Å²) in [5.74, 6) is -1.20. The number of carbonyl (C=O) groups is 1. The first kappa shape index (κ1) is 16.0. The Bertz CT molecular complexity index is 705. The second-order valence-electron chi connectivity index (χ2n) is 4.46. The van der Waals surface area contributed by atoms with Crippen molar-refractivity contribution in [2.45, 2.75) is 6.92 Å². The molecule has 5 heteroatoms. The van der Waals surface area contributed by atoms with Gasteiger partial charge in [-0.3, -0.25) is 0 Å². The Hall–Kier alpha value is -2.33. The molecule has 3 nitrogen and oxygen atoms in total. The Labute approximate surface area is 132 Å². The lowest BCUT2D eigenvalue weighted by molar-refractivity contribution is -0.130. The van der Waals surface area contributed by atoms with Crippen LogP contribution in [0.5, 0.6) is 5.75 Å². The summed E-state index contributed by atoms with van der Waals surface area (Å²) < 4.78 is 19.2. The molecule has 2 aromatic rings. The Balaban J connectivity index is 2.53. The van der Waals surface area contributed by atoms with Crippen molar-refractivity contribution in [1.82, 2.24) is 0 Å². The molecule has 0 heterocycles. The maximum Gasteiger partial charge on any atom is 0.336 e. The molecule has 114 valence electrons. The molecule has 2 rings (SSSR count). The van der Waals surface area contributed by atoms with Crippen molar-refractivity contribution in [1.29, 1.82) is 0 Å². The van der Waals surface area contributed by atoms with Gasteiger partial charge in [0.15, 0.2) is 0 Å². The zero-order chi connectivity index (χ0) is 16.1. The van der Waals surface area contributed by atoms with Gasteiger partial charge >= 0.3 is 5.97 Å². The number of hydrogen-bond donors (Lipinski definition) is 1. The summed E-state index contributed by atoms with van der Waals surface area (Å²) in [4.78, 5) is 11.5. The first-order valence-corrected chi connectivity index (χ1v) is 7.03. The van der Waals surface area contributed by atoms with E-state index in [1.807, 2.05) is 6.92 Å². The summed E-state index contributed by atoms with van der Waals surface area (Å²) in [5, 5.41) is 9.57. The molecule has 0 radical (unpaired) electrons. The second kappa shape index (κ2) is 7.09. The average Bonchev–Trinajstić information content (AvgIpc) is 2.47. The van der Waals surface area contributed by atoms with Crippen LogP contribution in [0.1, 0.15) is 18.1 Å². The summed E-state index contributed by atoms with van der Waals surface area (Å²) in [7, 11) is 0. The minimum atomic E-state index is -1.17. The summed E-state index contributed by atoms with van der Waals surface area (Å²) in [5.41, 5.74) is 0.398.